The van der Waals surface area contributed by atoms with Crippen LogP contribution in [0.1, 0.15) is 18.4 Å². The molecule has 0 atom stereocenters. The van der Waals surface area contributed by atoms with E-state index in [1.165, 1.54) is 41.2 Å². The minimum absolute atomic E-state index is 0.228. The van der Waals surface area contributed by atoms with Gasteiger partial charge in [-0.25, -0.2) is 14.8 Å². The van der Waals surface area contributed by atoms with Crippen molar-refractivity contribution in [3.05, 3.63) is 53.7 Å². The molecular formula is C23H21F3N4O3S2. The van der Waals surface area contributed by atoms with Crippen molar-refractivity contribution in [3.8, 4) is 15.5 Å². The maximum Gasteiger partial charge on any atom is 0.490 e. The lowest BCUT2D eigenvalue weighted by atomic mass is 10.2. The van der Waals surface area contributed by atoms with Crippen molar-refractivity contribution in [2.24, 2.45) is 0 Å². The maximum atomic E-state index is 10.6. The Morgan fingerprint density at radius 2 is 1.86 bits per heavy atom. The van der Waals surface area contributed by atoms with E-state index in [1.807, 2.05) is 12.1 Å². The number of benzene rings is 1. The number of halogens is 3. The first-order chi connectivity index (χ1) is 16.7. The van der Waals surface area contributed by atoms with Crippen LogP contribution in [0.5, 0.6) is 5.75 Å². The number of rotatable bonds is 5. The number of carbonyl (C=O) groups is 1. The summed E-state index contributed by atoms with van der Waals surface area (Å²) in [5.41, 5.74) is 3.13. The number of likely N-dealkylation sites (tertiary alicyclic amines) is 1. The van der Waals surface area contributed by atoms with E-state index in [-0.39, 0.29) is 5.75 Å². The number of fused-ring (bicyclic) bond motifs is 1. The molecule has 1 saturated heterocycles. The highest BCUT2D eigenvalue weighted by atomic mass is 32.1. The molecule has 1 aromatic carbocycles. The van der Waals surface area contributed by atoms with E-state index in [9.17, 15) is 18.3 Å². The Labute approximate surface area is 206 Å². The van der Waals surface area contributed by atoms with Gasteiger partial charge in [0.15, 0.2) is 5.82 Å². The largest absolute Gasteiger partial charge is 0.508 e. The molecule has 1 aliphatic rings. The third-order valence-electron chi connectivity index (χ3n) is 5.16. The van der Waals surface area contributed by atoms with Crippen LogP contribution in [0.25, 0.3) is 20.0 Å². The Morgan fingerprint density at radius 1 is 1.11 bits per heavy atom. The normalized spacial score (nSPS) is 14.0. The zero-order valence-electron chi connectivity index (χ0n) is 18.2. The summed E-state index contributed by atoms with van der Waals surface area (Å²) in [5.74, 6) is -1.76. The fourth-order valence-corrected chi connectivity index (χ4v) is 5.62. The minimum Gasteiger partial charge on any atom is -0.508 e. The molecule has 0 unspecified atom stereocenters. The molecule has 0 saturated carbocycles. The molecule has 0 spiro atoms. The van der Waals surface area contributed by atoms with Crippen molar-refractivity contribution in [1.82, 2.24) is 14.9 Å². The van der Waals surface area contributed by atoms with Gasteiger partial charge in [-0.2, -0.15) is 13.2 Å². The Kier molecular flexibility index (Phi) is 7.53. The number of thiophene rings is 2. The predicted octanol–water partition coefficient (Wildman–Crippen LogP) is 6.10. The lowest BCUT2D eigenvalue weighted by Gasteiger charge is -2.12. The smallest absolute Gasteiger partial charge is 0.490 e. The van der Waals surface area contributed by atoms with Crippen LogP contribution in [0.4, 0.5) is 24.7 Å². The number of carboxylic acid groups (broad SMARTS) is 1. The van der Waals surface area contributed by atoms with Gasteiger partial charge in [0.05, 0.1) is 10.2 Å². The molecule has 0 bridgehead atoms. The highest BCUT2D eigenvalue weighted by Gasteiger charge is 2.38. The molecule has 184 valence electrons. The van der Waals surface area contributed by atoms with Crippen LogP contribution >= 0.6 is 22.7 Å². The quantitative estimate of drug-likeness (QED) is 0.291. The third kappa shape index (κ3) is 6.47. The van der Waals surface area contributed by atoms with Crippen molar-refractivity contribution in [2.45, 2.75) is 25.6 Å². The zero-order chi connectivity index (χ0) is 25.0. The van der Waals surface area contributed by atoms with E-state index in [4.69, 9.17) is 9.90 Å². The summed E-state index contributed by atoms with van der Waals surface area (Å²) in [7, 11) is 0. The van der Waals surface area contributed by atoms with Crippen molar-refractivity contribution in [3.63, 3.8) is 0 Å². The molecule has 7 nitrogen and oxygen atoms in total. The fraction of sp³-hybridized carbons (Fsp3) is 0.261. The molecule has 0 radical (unpaired) electrons. The van der Waals surface area contributed by atoms with Gasteiger partial charge >= 0.3 is 12.1 Å². The summed E-state index contributed by atoms with van der Waals surface area (Å²) in [5, 5.41) is 22.4. The van der Waals surface area contributed by atoms with Crippen LogP contribution in [-0.2, 0) is 11.3 Å². The standard InChI is InChI=1S/C21H20N4OS2.C2HF3O2/c26-16-5-3-4-15(9-16)24-21-20-17(22-13-23-21)10-19(28-20)18-8-14(12-27-18)11-25-6-1-2-7-25;3-2(4,5)1(6)7/h3-5,8-10,12-13,26H,1-2,6-7,11H2,(H,22,23,24);(H,6,7). The summed E-state index contributed by atoms with van der Waals surface area (Å²) < 4.78 is 32.8. The maximum absolute atomic E-state index is 10.6. The first-order valence-corrected chi connectivity index (χ1v) is 12.3. The van der Waals surface area contributed by atoms with Crippen LogP contribution in [-0.4, -0.2) is 50.3 Å². The number of hydrogen-bond acceptors (Lipinski definition) is 8. The summed E-state index contributed by atoms with van der Waals surface area (Å²) in [6.45, 7) is 3.48. The van der Waals surface area contributed by atoms with Crippen LogP contribution < -0.4 is 5.32 Å². The van der Waals surface area contributed by atoms with Gasteiger partial charge in [-0.1, -0.05) is 6.07 Å². The number of alkyl halides is 3. The predicted molar refractivity (Wildman–Crippen MR) is 130 cm³/mol. The Morgan fingerprint density at radius 3 is 2.54 bits per heavy atom. The molecule has 0 amide bonds. The minimum atomic E-state index is -5.08. The van der Waals surface area contributed by atoms with Gasteiger partial charge in [-0.3, -0.25) is 4.90 Å². The Balaban J connectivity index is 0.000000364. The molecule has 4 heterocycles. The summed E-state index contributed by atoms with van der Waals surface area (Å²) in [4.78, 5) is 22.8. The van der Waals surface area contributed by atoms with Crippen LogP contribution in [0.15, 0.2) is 48.1 Å². The van der Waals surface area contributed by atoms with Gasteiger partial charge in [-0.15, -0.1) is 22.7 Å². The monoisotopic (exact) mass is 522 g/mol. The molecule has 3 N–H and O–H groups in total. The molecule has 35 heavy (non-hydrogen) atoms. The van der Waals surface area contributed by atoms with Gasteiger partial charge in [0.1, 0.15) is 12.1 Å². The number of aromatic nitrogens is 2. The van der Waals surface area contributed by atoms with Crippen molar-refractivity contribution >= 4 is 50.4 Å². The Bertz CT molecular complexity index is 1320. The van der Waals surface area contributed by atoms with E-state index in [0.717, 1.165) is 28.3 Å². The third-order valence-corrected chi connectivity index (χ3v) is 7.47. The SMILES string of the molecule is O=C(O)C(F)(F)F.Oc1cccc(Nc2ncnc3cc(-c4cc(CN5CCCC5)cs4)sc23)c1. The Hall–Kier alpha value is -3.22. The van der Waals surface area contributed by atoms with Gasteiger partial charge in [0.2, 0.25) is 0 Å². The molecule has 3 aromatic heterocycles. The summed E-state index contributed by atoms with van der Waals surface area (Å²) >= 11 is 3.50. The molecule has 0 aliphatic carbocycles. The molecule has 12 heteroatoms. The number of hydrogen-bond donors (Lipinski definition) is 3. The number of aromatic hydroxyl groups is 1. The highest BCUT2D eigenvalue weighted by Crippen LogP contribution is 2.39. The fourth-order valence-electron chi connectivity index (χ4n) is 3.57. The van der Waals surface area contributed by atoms with E-state index in [0.29, 0.717) is 0 Å². The summed E-state index contributed by atoms with van der Waals surface area (Å²) in [6.07, 6.45) is -0.862. The number of nitrogens with zero attached hydrogens (tertiary/aromatic N) is 3. The van der Waals surface area contributed by atoms with Gasteiger partial charge in [-0.05, 0) is 61.1 Å². The van der Waals surface area contributed by atoms with E-state index in [1.54, 1.807) is 41.1 Å². The van der Waals surface area contributed by atoms with Gasteiger partial charge < -0.3 is 15.5 Å². The molecule has 1 fully saturated rings. The lowest BCUT2D eigenvalue weighted by Crippen LogP contribution is -2.21. The average molecular weight is 523 g/mol. The first-order valence-electron chi connectivity index (χ1n) is 10.6. The van der Waals surface area contributed by atoms with E-state index in [2.05, 4.69) is 37.7 Å². The molecular weight excluding hydrogens is 501 g/mol. The first kappa shape index (κ1) is 24.9. The topological polar surface area (TPSA) is 98.6 Å². The zero-order valence-corrected chi connectivity index (χ0v) is 19.9. The molecule has 5 rings (SSSR count). The second-order valence-electron chi connectivity index (χ2n) is 7.83. The van der Waals surface area contributed by atoms with Crippen molar-refractivity contribution in [2.75, 3.05) is 18.4 Å². The number of phenols is 1. The van der Waals surface area contributed by atoms with Gasteiger partial charge in [0, 0.05) is 28.1 Å². The van der Waals surface area contributed by atoms with E-state index >= 15 is 0 Å². The second kappa shape index (κ2) is 10.6. The highest BCUT2D eigenvalue weighted by molar-refractivity contribution is 7.26. The second-order valence-corrected chi connectivity index (χ2v) is 9.79. The molecule has 4 aromatic rings. The van der Waals surface area contributed by atoms with Crippen LogP contribution in [0, 0.1) is 0 Å². The number of aliphatic carboxylic acids is 1. The molecule has 1 aliphatic heterocycles. The summed E-state index contributed by atoms with van der Waals surface area (Å²) in [6, 6.07) is 11.5. The number of carboxylic acids is 1. The van der Waals surface area contributed by atoms with Crippen LogP contribution in [0.3, 0.4) is 0 Å². The lowest BCUT2D eigenvalue weighted by molar-refractivity contribution is -0.192. The van der Waals surface area contributed by atoms with Crippen molar-refractivity contribution < 1.29 is 28.2 Å². The van der Waals surface area contributed by atoms with Gasteiger partial charge in [0.25, 0.3) is 0 Å². The number of phenolic OH excluding ortho intramolecular Hbond substituents is 1. The van der Waals surface area contributed by atoms with Crippen LogP contribution in [0.2, 0.25) is 0 Å². The van der Waals surface area contributed by atoms with Crippen molar-refractivity contribution in [1.29, 1.82) is 0 Å². The number of nitrogens with one attached hydrogen (secondary N) is 1. The average Bonchev–Trinajstić information content (AvgIpc) is 3.55. The number of anilines is 2. The van der Waals surface area contributed by atoms with E-state index < -0.39 is 12.1 Å².